The maximum absolute atomic E-state index is 12.9. The van der Waals surface area contributed by atoms with E-state index < -0.39 is 0 Å². The fourth-order valence-corrected chi connectivity index (χ4v) is 4.29. The summed E-state index contributed by atoms with van der Waals surface area (Å²) in [5.41, 5.74) is 1.21. The Kier molecular flexibility index (Phi) is 5.38. The van der Waals surface area contributed by atoms with E-state index in [1.807, 2.05) is 41.5 Å². The van der Waals surface area contributed by atoms with Gasteiger partial charge in [0, 0.05) is 36.6 Å². The standard InChI is InChI=1S/C20H23N5O2S/c1-2-25-17-16(6-3-9-21-17)23-18(20(25)27)24-10-7-14(8-11-24)19(26)22-13-15-5-4-12-28-15/h3-6,9,12,14H,2,7-8,10-11,13H2,1H3,(H,22,26). The van der Waals surface area contributed by atoms with Gasteiger partial charge in [0.25, 0.3) is 5.56 Å². The van der Waals surface area contributed by atoms with E-state index in [-0.39, 0.29) is 17.4 Å². The van der Waals surface area contributed by atoms with Gasteiger partial charge in [0.1, 0.15) is 5.52 Å². The summed E-state index contributed by atoms with van der Waals surface area (Å²) >= 11 is 1.64. The van der Waals surface area contributed by atoms with Gasteiger partial charge in [0.2, 0.25) is 5.91 Å². The first-order valence-electron chi connectivity index (χ1n) is 9.58. The molecule has 7 nitrogen and oxygen atoms in total. The number of hydrogen-bond acceptors (Lipinski definition) is 6. The summed E-state index contributed by atoms with van der Waals surface area (Å²) in [4.78, 5) is 37.4. The highest BCUT2D eigenvalue weighted by molar-refractivity contribution is 7.09. The molecule has 4 rings (SSSR count). The van der Waals surface area contributed by atoms with Gasteiger partial charge in [-0.05, 0) is 43.3 Å². The minimum Gasteiger partial charge on any atom is -0.352 e. The van der Waals surface area contributed by atoms with Gasteiger partial charge < -0.3 is 10.2 Å². The van der Waals surface area contributed by atoms with Crippen molar-refractivity contribution < 1.29 is 4.79 Å². The van der Waals surface area contributed by atoms with Crippen LogP contribution in [0.3, 0.4) is 0 Å². The summed E-state index contributed by atoms with van der Waals surface area (Å²) in [7, 11) is 0. The lowest BCUT2D eigenvalue weighted by Gasteiger charge is -2.32. The molecule has 0 saturated carbocycles. The lowest BCUT2D eigenvalue weighted by molar-refractivity contribution is -0.125. The van der Waals surface area contributed by atoms with E-state index in [1.165, 1.54) is 0 Å². The number of nitrogens with one attached hydrogen (secondary N) is 1. The maximum Gasteiger partial charge on any atom is 0.295 e. The molecule has 4 heterocycles. The van der Waals surface area contributed by atoms with Crippen LogP contribution in [0.2, 0.25) is 0 Å². The summed E-state index contributed by atoms with van der Waals surface area (Å²) < 4.78 is 1.66. The van der Waals surface area contributed by atoms with E-state index in [9.17, 15) is 9.59 Å². The van der Waals surface area contributed by atoms with Crippen molar-refractivity contribution in [1.82, 2.24) is 19.9 Å². The topological polar surface area (TPSA) is 80.1 Å². The van der Waals surface area contributed by atoms with Crippen LogP contribution in [0, 0.1) is 5.92 Å². The SMILES string of the molecule is CCn1c(=O)c(N2CCC(C(=O)NCc3cccs3)CC2)nc2cccnc21. The maximum atomic E-state index is 12.9. The number of nitrogens with zero attached hydrogens (tertiary/aromatic N) is 4. The number of hydrogen-bond donors (Lipinski definition) is 1. The molecule has 0 atom stereocenters. The zero-order valence-corrected chi connectivity index (χ0v) is 16.6. The van der Waals surface area contributed by atoms with Crippen molar-refractivity contribution >= 4 is 34.2 Å². The highest BCUT2D eigenvalue weighted by Gasteiger charge is 2.27. The number of piperidine rings is 1. The van der Waals surface area contributed by atoms with Gasteiger partial charge in [-0.25, -0.2) is 9.97 Å². The molecule has 1 N–H and O–H groups in total. The molecule has 0 unspecified atom stereocenters. The van der Waals surface area contributed by atoms with Crippen LogP contribution < -0.4 is 15.8 Å². The second-order valence-electron chi connectivity index (χ2n) is 6.89. The molecule has 1 saturated heterocycles. The Morgan fingerprint density at radius 3 is 2.82 bits per heavy atom. The number of fused-ring (bicyclic) bond motifs is 1. The average Bonchev–Trinajstić information content (AvgIpc) is 3.25. The van der Waals surface area contributed by atoms with Crippen LogP contribution in [0.4, 0.5) is 5.82 Å². The molecule has 146 valence electrons. The number of carbonyl (C=O) groups is 1. The highest BCUT2D eigenvalue weighted by atomic mass is 32.1. The normalized spacial score (nSPS) is 15.1. The molecule has 3 aromatic heterocycles. The number of pyridine rings is 1. The number of amides is 1. The molecule has 28 heavy (non-hydrogen) atoms. The van der Waals surface area contributed by atoms with Crippen molar-refractivity contribution in [2.45, 2.75) is 32.9 Å². The molecule has 1 amide bonds. The zero-order chi connectivity index (χ0) is 19.5. The van der Waals surface area contributed by atoms with E-state index >= 15 is 0 Å². The quantitative estimate of drug-likeness (QED) is 0.715. The second kappa shape index (κ2) is 8.10. The summed E-state index contributed by atoms with van der Waals surface area (Å²) in [5, 5.41) is 5.04. The number of aromatic nitrogens is 3. The molecular weight excluding hydrogens is 374 g/mol. The molecule has 1 aliphatic heterocycles. The number of carbonyl (C=O) groups excluding carboxylic acids is 1. The number of aryl methyl sites for hydroxylation is 1. The van der Waals surface area contributed by atoms with Crippen LogP contribution in [0.25, 0.3) is 11.2 Å². The van der Waals surface area contributed by atoms with Crippen molar-refractivity contribution in [2.75, 3.05) is 18.0 Å². The smallest absolute Gasteiger partial charge is 0.295 e. The van der Waals surface area contributed by atoms with Gasteiger partial charge in [-0.1, -0.05) is 6.07 Å². The van der Waals surface area contributed by atoms with E-state index in [1.54, 1.807) is 22.1 Å². The molecule has 3 aromatic rings. The van der Waals surface area contributed by atoms with Crippen LogP contribution in [-0.4, -0.2) is 33.5 Å². The van der Waals surface area contributed by atoms with Gasteiger partial charge in [0.15, 0.2) is 11.5 Å². The first-order valence-corrected chi connectivity index (χ1v) is 10.5. The van der Waals surface area contributed by atoms with Gasteiger partial charge in [-0.15, -0.1) is 11.3 Å². The van der Waals surface area contributed by atoms with Crippen molar-refractivity contribution in [3.63, 3.8) is 0 Å². The van der Waals surface area contributed by atoms with E-state index in [2.05, 4.69) is 15.3 Å². The van der Waals surface area contributed by atoms with Gasteiger partial charge >= 0.3 is 0 Å². The van der Waals surface area contributed by atoms with E-state index in [0.717, 1.165) is 10.4 Å². The van der Waals surface area contributed by atoms with Crippen LogP contribution in [-0.2, 0) is 17.9 Å². The number of thiophene rings is 1. The van der Waals surface area contributed by atoms with Gasteiger partial charge in [-0.3, -0.25) is 14.2 Å². The second-order valence-corrected chi connectivity index (χ2v) is 7.92. The molecule has 0 spiro atoms. The molecule has 1 aliphatic rings. The minimum atomic E-state index is -0.116. The van der Waals surface area contributed by atoms with Crippen LogP contribution in [0.5, 0.6) is 0 Å². The molecule has 0 aromatic carbocycles. The monoisotopic (exact) mass is 397 g/mol. The average molecular weight is 398 g/mol. The fraction of sp³-hybridized carbons (Fsp3) is 0.400. The van der Waals surface area contributed by atoms with Crippen LogP contribution in [0.1, 0.15) is 24.6 Å². The van der Waals surface area contributed by atoms with E-state index in [0.29, 0.717) is 50.5 Å². The molecular formula is C20H23N5O2S. The fourth-order valence-electron chi connectivity index (χ4n) is 3.65. The third-order valence-corrected chi connectivity index (χ3v) is 6.06. The Morgan fingerprint density at radius 2 is 2.11 bits per heavy atom. The summed E-state index contributed by atoms with van der Waals surface area (Å²) in [6.45, 7) is 4.35. The predicted molar refractivity (Wildman–Crippen MR) is 111 cm³/mol. The summed E-state index contributed by atoms with van der Waals surface area (Å²) in [6, 6.07) is 7.71. The summed E-state index contributed by atoms with van der Waals surface area (Å²) in [6.07, 6.45) is 3.11. The lowest BCUT2D eigenvalue weighted by Crippen LogP contribution is -2.43. The lowest BCUT2D eigenvalue weighted by atomic mass is 9.96. The summed E-state index contributed by atoms with van der Waals surface area (Å²) in [5.74, 6) is 0.529. The van der Waals surface area contributed by atoms with Crippen molar-refractivity contribution in [3.8, 4) is 0 Å². The van der Waals surface area contributed by atoms with Crippen molar-refractivity contribution in [1.29, 1.82) is 0 Å². The molecule has 0 radical (unpaired) electrons. The molecule has 0 aliphatic carbocycles. The number of anilines is 1. The van der Waals surface area contributed by atoms with Gasteiger partial charge in [0.05, 0.1) is 6.54 Å². The number of rotatable bonds is 5. The Labute approximate surface area is 167 Å². The first kappa shape index (κ1) is 18.6. The van der Waals surface area contributed by atoms with Crippen molar-refractivity contribution in [2.24, 2.45) is 5.92 Å². The minimum absolute atomic E-state index is 0.0215. The predicted octanol–water partition coefficient (Wildman–Crippen LogP) is 2.41. The van der Waals surface area contributed by atoms with Crippen molar-refractivity contribution in [3.05, 3.63) is 51.1 Å². The van der Waals surface area contributed by atoms with Gasteiger partial charge in [-0.2, -0.15) is 0 Å². The Bertz CT molecular complexity index is 1020. The van der Waals surface area contributed by atoms with Crippen LogP contribution >= 0.6 is 11.3 Å². The largest absolute Gasteiger partial charge is 0.352 e. The highest BCUT2D eigenvalue weighted by Crippen LogP contribution is 2.22. The Morgan fingerprint density at radius 1 is 1.29 bits per heavy atom. The third kappa shape index (κ3) is 3.64. The third-order valence-electron chi connectivity index (χ3n) is 5.18. The van der Waals surface area contributed by atoms with Crippen LogP contribution in [0.15, 0.2) is 40.6 Å². The van der Waals surface area contributed by atoms with E-state index in [4.69, 9.17) is 0 Å². The molecule has 8 heteroatoms. The molecule has 0 bridgehead atoms. The Hall–Kier alpha value is -2.74. The molecule has 1 fully saturated rings. The zero-order valence-electron chi connectivity index (χ0n) is 15.8. The Balaban J connectivity index is 1.45. The first-order chi connectivity index (χ1) is 13.7.